The van der Waals surface area contributed by atoms with Crippen molar-refractivity contribution in [1.29, 1.82) is 0 Å². The first-order valence-corrected chi connectivity index (χ1v) is 9.15. The van der Waals surface area contributed by atoms with E-state index in [0.717, 1.165) is 56.0 Å². The minimum Gasteiger partial charge on any atom is -0.493 e. The third-order valence-corrected chi connectivity index (χ3v) is 5.39. The summed E-state index contributed by atoms with van der Waals surface area (Å²) in [4.78, 5) is 2.38. The van der Waals surface area contributed by atoms with Crippen LogP contribution in [-0.4, -0.2) is 40.2 Å². The molecule has 1 aliphatic carbocycles. The summed E-state index contributed by atoms with van der Waals surface area (Å²) in [5.74, 6) is 2.55. The Labute approximate surface area is 152 Å². The fraction of sp³-hybridized carbons (Fsp3) is 0.526. The number of ether oxygens (including phenoxy) is 3. The predicted octanol–water partition coefficient (Wildman–Crippen LogP) is 2.08. The number of nitrogens with zero attached hydrogens (tertiary/aromatic N) is 3. The first kappa shape index (κ1) is 16.0. The van der Waals surface area contributed by atoms with Crippen LogP contribution < -0.4 is 14.2 Å². The maximum Gasteiger partial charge on any atom is 0.231 e. The fourth-order valence-corrected chi connectivity index (χ4v) is 3.81. The van der Waals surface area contributed by atoms with Crippen molar-refractivity contribution in [2.75, 3.05) is 20.4 Å². The summed E-state index contributed by atoms with van der Waals surface area (Å²) in [6.07, 6.45) is 1.82. The molecule has 1 N–H and O–H groups in total. The maximum atomic E-state index is 10.3. The topological polar surface area (TPSA) is 69.0 Å². The highest BCUT2D eigenvalue weighted by Gasteiger charge is 2.33. The summed E-state index contributed by atoms with van der Waals surface area (Å²) in [6.45, 7) is 3.63. The molecule has 1 saturated carbocycles. The third kappa shape index (κ3) is 2.81. The lowest BCUT2D eigenvalue weighted by Gasteiger charge is -2.27. The van der Waals surface area contributed by atoms with Crippen molar-refractivity contribution in [1.82, 2.24) is 14.7 Å². The number of aromatic nitrogens is 2. The van der Waals surface area contributed by atoms with Gasteiger partial charge in [0, 0.05) is 19.6 Å². The molecule has 1 atom stereocenters. The average Bonchev–Trinajstić information content (AvgIpc) is 3.24. The maximum absolute atomic E-state index is 10.3. The zero-order valence-corrected chi connectivity index (χ0v) is 14.9. The number of aliphatic hydroxyl groups excluding tert-OH is 1. The third-order valence-electron chi connectivity index (χ3n) is 5.39. The standard InChI is InChI=1S/C19H23N3O4/c1-24-16-6-12(7-17-19(16)26-11-25-17)9-21-4-5-22-14(10-21)8-15(20-22)18(23)13-2-3-13/h6-8,13,18,23H,2-5,9-11H2,1H3/t18-/m0/s1. The molecule has 3 heterocycles. The van der Waals surface area contributed by atoms with E-state index < -0.39 is 6.10 Å². The molecule has 0 bridgehead atoms. The Balaban J connectivity index is 1.32. The first-order valence-electron chi connectivity index (χ1n) is 9.15. The second-order valence-electron chi connectivity index (χ2n) is 7.31. The molecule has 0 amide bonds. The van der Waals surface area contributed by atoms with Crippen molar-refractivity contribution in [3.63, 3.8) is 0 Å². The van der Waals surface area contributed by atoms with Gasteiger partial charge in [-0.15, -0.1) is 0 Å². The zero-order valence-electron chi connectivity index (χ0n) is 14.9. The van der Waals surface area contributed by atoms with Gasteiger partial charge in [0.1, 0.15) is 6.10 Å². The summed E-state index contributed by atoms with van der Waals surface area (Å²) in [6, 6.07) is 6.11. The highest BCUT2D eigenvalue weighted by Crippen LogP contribution is 2.42. The van der Waals surface area contributed by atoms with E-state index in [2.05, 4.69) is 16.1 Å². The monoisotopic (exact) mass is 357 g/mol. The van der Waals surface area contributed by atoms with Gasteiger partial charge in [-0.2, -0.15) is 5.10 Å². The molecule has 7 nitrogen and oxygen atoms in total. The number of rotatable bonds is 5. The van der Waals surface area contributed by atoms with Gasteiger partial charge in [0.25, 0.3) is 0 Å². The summed E-state index contributed by atoms with van der Waals surface area (Å²) < 4.78 is 18.5. The van der Waals surface area contributed by atoms with Crippen molar-refractivity contribution in [2.45, 2.75) is 38.6 Å². The molecule has 3 aliphatic rings. The van der Waals surface area contributed by atoms with E-state index in [-0.39, 0.29) is 6.79 Å². The number of methoxy groups -OCH3 is 1. The SMILES string of the molecule is COc1cc(CN2CCn3nc([C@@H](O)C4CC4)cc3C2)cc2c1OCO2. The molecule has 7 heteroatoms. The molecular formula is C19H23N3O4. The smallest absolute Gasteiger partial charge is 0.231 e. The van der Waals surface area contributed by atoms with E-state index in [1.165, 1.54) is 5.69 Å². The number of hydrogen-bond acceptors (Lipinski definition) is 6. The van der Waals surface area contributed by atoms with Crippen LogP contribution in [0.15, 0.2) is 18.2 Å². The summed E-state index contributed by atoms with van der Waals surface area (Å²) in [7, 11) is 1.65. The number of aliphatic hydroxyl groups is 1. The van der Waals surface area contributed by atoms with E-state index in [4.69, 9.17) is 14.2 Å². The summed E-state index contributed by atoms with van der Waals surface area (Å²) in [5, 5.41) is 14.9. The predicted molar refractivity (Wildman–Crippen MR) is 93.1 cm³/mol. The Bertz CT molecular complexity index is 830. The van der Waals surface area contributed by atoms with Crippen LogP contribution in [0.25, 0.3) is 0 Å². The second-order valence-corrected chi connectivity index (χ2v) is 7.31. The molecule has 138 valence electrons. The van der Waals surface area contributed by atoms with Crippen molar-refractivity contribution in [2.24, 2.45) is 5.92 Å². The van der Waals surface area contributed by atoms with Crippen LogP contribution in [0.1, 0.15) is 35.9 Å². The van der Waals surface area contributed by atoms with E-state index in [1.54, 1.807) is 7.11 Å². The van der Waals surface area contributed by atoms with Gasteiger partial charge in [-0.3, -0.25) is 9.58 Å². The Morgan fingerprint density at radius 3 is 2.96 bits per heavy atom. The van der Waals surface area contributed by atoms with Crippen LogP contribution in [0.2, 0.25) is 0 Å². The number of hydrogen-bond donors (Lipinski definition) is 1. The minimum atomic E-state index is -0.403. The molecule has 1 aromatic heterocycles. The molecule has 1 aromatic carbocycles. The molecule has 0 saturated heterocycles. The van der Waals surface area contributed by atoms with Gasteiger partial charge in [0.05, 0.1) is 25.0 Å². The minimum absolute atomic E-state index is 0.240. The average molecular weight is 357 g/mol. The molecule has 2 aromatic rings. The van der Waals surface area contributed by atoms with Gasteiger partial charge in [-0.1, -0.05) is 0 Å². The van der Waals surface area contributed by atoms with Crippen molar-refractivity contribution in [3.8, 4) is 17.2 Å². The van der Waals surface area contributed by atoms with Gasteiger partial charge in [0.2, 0.25) is 12.5 Å². The van der Waals surface area contributed by atoms with Crippen molar-refractivity contribution in [3.05, 3.63) is 35.2 Å². The highest BCUT2D eigenvalue weighted by atomic mass is 16.7. The lowest BCUT2D eigenvalue weighted by Crippen LogP contribution is -2.33. The Morgan fingerprint density at radius 1 is 1.27 bits per heavy atom. The van der Waals surface area contributed by atoms with E-state index in [9.17, 15) is 5.11 Å². The molecule has 26 heavy (non-hydrogen) atoms. The number of benzene rings is 1. The molecule has 5 rings (SSSR count). The summed E-state index contributed by atoms with van der Waals surface area (Å²) in [5.41, 5.74) is 3.13. The molecule has 0 spiro atoms. The van der Waals surface area contributed by atoms with Crippen LogP contribution >= 0.6 is 0 Å². The zero-order chi connectivity index (χ0) is 17.7. The molecule has 2 aliphatic heterocycles. The molecule has 0 unspecified atom stereocenters. The van der Waals surface area contributed by atoms with E-state index in [1.807, 2.05) is 16.8 Å². The van der Waals surface area contributed by atoms with E-state index in [0.29, 0.717) is 17.4 Å². The normalized spacial score (nSPS) is 20.1. The van der Waals surface area contributed by atoms with Crippen LogP contribution in [0.4, 0.5) is 0 Å². The molecular weight excluding hydrogens is 334 g/mol. The molecule has 0 radical (unpaired) electrons. The van der Waals surface area contributed by atoms with Crippen LogP contribution in [0.3, 0.4) is 0 Å². The quantitative estimate of drug-likeness (QED) is 0.884. The van der Waals surface area contributed by atoms with Gasteiger partial charge in [-0.25, -0.2) is 0 Å². The van der Waals surface area contributed by atoms with Crippen LogP contribution in [-0.2, 0) is 19.6 Å². The Morgan fingerprint density at radius 2 is 2.15 bits per heavy atom. The Kier molecular flexibility index (Phi) is 3.79. The van der Waals surface area contributed by atoms with Gasteiger partial charge >= 0.3 is 0 Å². The molecule has 1 fully saturated rings. The number of fused-ring (bicyclic) bond motifs is 2. The van der Waals surface area contributed by atoms with Gasteiger partial charge in [0.15, 0.2) is 11.5 Å². The highest BCUT2D eigenvalue weighted by molar-refractivity contribution is 5.55. The van der Waals surface area contributed by atoms with Gasteiger partial charge in [-0.05, 0) is 42.5 Å². The fourth-order valence-electron chi connectivity index (χ4n) is 3.81. The van der Waals surface area contributed by atoms with Crippen molar-refractivity contribution < 1.29 is 19.3 Å². The first-order chi connectivity index (χ1) is 12.7. The van der Waals surface area contributed by atoms with Gasteiger partial charge < -0.3 is 19.3 Å². The lowest BCUT2D eigenvalue weighted by atomic mass is 10.1. The van der Waals surface area contributed by atoms with Crippen molar-refractivity contribution >= 4 is 0 Å². The Hall–Kier alpha value is -2.25. The lowest BCUT2D eigenvalue weighted by molar-refractivity contribution is 0.147. The van der Waals surface area contributed by atoms with E-state index >= 15 is 0 Å². The largest absolute Gasteiger partial charge is 0.493 e. The van der Waals surface area contributed by atoms with Crippen LogP contribution in [0.5, 0.6) is 17.2 Å². The second kappa shape index (κ2) is 6.17. The summed E-state index contributed by atoms with van der Waals surface area (Å²) >= 11 is 0. The van der Waals surface area contributed by atoms with Crippen LogP contribution in [0, 0.1) is 5.92 Å².